The number of ether oxygens (including phenoxy) is 1. The molecule has 1 atom stereocenters. The summed E-state index contributed by atoms with van der Waals surface area (Å²) in [6, 6.07) is 26.9. The molecule has 0 saturated carbocycles. The van der Waals surface area contributed by atoms with Crippen molar-refractivity contribution in [2.45, 2.75) is 32.7 Å². The molecule has 0 radical (unpaired) electrons. The molecule has 5 heteroatoms. The van der Waals surface area contributed by atoms with E-state index in [4.69, 9.17) is 4.74 Å². The van der Waals surface area contributed by atoms with Gasteiger partial charge in [-0.3, -0.25) is 5.21 Å². The number of rotatable bonds is 7. The standard InChI is InChI=1S/C26H29NO3Si/c1-21-14-16-23(17-15-21)25(18-19-31(2,3)24-12-8-5-9-13-24)27(29)26(28)30-20-22-10-6-4-7-11-22/h4-19,25,29H,20H2,1-3H3/b19-18+. The van der Waals surface area contributed by atoms with Gasteiger partial charge in [0.1, 0.15) is 20.7 Å². The highest BCUT2D eigenvalue weighted by molar-refractivity contribution is 6.93. The van der Waals surface area contributed by atoms with Crippen LogP contribution in [0.2, 0.25) is 13.1 Å². The van der Waals surface area contributed by atoms with Gasteiger partial charge in [-0.05, 0) is 18.1 Å². The Morgan fingerprint density at radius 1 is 0.968 bits per heavy atom. The van der Waals surface area contributed by atoms with Gasteiger partial charge in [0.05, 0.1) is 0 Å². The average molecular weight is 432 g/mol. The van der Waals surface area contributed by atoms with Crippen LogP contribution in [0.5, 0.6) is 0 Å². The first kappa shape index (κ1) is 22.5. The molecule has 4 nitrogen and oxygen atoms in total. The summed E-state index contributed by atoms with van der Waals surface area (Å²) in [7, 11) is -1.91. The Bertz CT molecular complexity index is 1000. The van der Waals surface area contributed by atoms with E-state index in [2.05, 4.69) is 30.9 Å². The lowest BCUT2D eigenvalue weighted by Crippen LogP contribution is -2.40. The number of carbonyl (C=O) groups excluding carboxylic acids is 1. The second-order valence-corrected chi connectivity index (χ2v) is 12.5. The van der Waals surface area contributed by atoms with Crippen LogP contribution in [0.25, 0.3) is 0 Å². The van der Waals surface area contributed by atoms with Crippen molar-refractivity contribution in [2.24, 2.45) is 0 Å². The molecule has 1 unspecified atom stereocenters. The van der Waals surface area contributed by atoms with E-state index >= 15 is 0 Å². The number of hydrogen-bond acceptors (Lipinski definition) is 3. The lowest BCUT2D eigenvalue weighted by molar-refractivity contribution is -0.0958. The van der Waals surface area contributed by atoms with Crippen LogP contribution in [0.1, 0.15) is 22.7 Å². The number of nitrogens with zero attached hydrogens (tertiary/aromatic N) is 1. The molecule has 1 N–H and O–H groups in total. The van der Waals surface area contributed by atoms with E-state index in [1.54, 1.807) is 0 Å². The number of aryl methyl sites for hydroxylation is 1. The maximum atomic E-state index is 12.6. The fourth-order valence-electron chi connectivity index (χ4n) is 3.29. The Labute approximate surface area is 185 Å². The molecule has 0 spiro atoms. The first-order valence-corrected chi connectivity index (χ1v) is 13.4. The molecule has 3 aromatic carbocycles. The van der Waals surface area contributed by atoms with Crippen LogP contribution in [0.3, 0.4) is 0 Å². The first-order chi connectivity index (χ1) is 14.9. The maximum Gasteiger partial charge on any atom is 0.434 e. The van der Waals surface area contributed by atoms with Gasteiger partial charge in [-0.2, -0.15) is 5.06 Å². The van der Waals surface area contributed by atoms with Crippen molar-refractivity contribution in [3.05, 3.63) is 113 Å². The first-order valence-electron chi connectivity index (χ1n) is 10.4. The molecule has 1 amide bonds. The van der Waals surface area contributed by atoms with E-state index in [1.807, 2.05) is 85.8 Å². The third-order valence-corrected chi connectivity index (χ3v) is 8.13. The molecule has 31 heavy (non-hydrogen) atoms. The van der Waals surface area contributed by atoms with Crippen LogP contribution >= 0.6 is 0 Å². The Morgan fingerprint density at radius 3 is 2.16 bits per heavy atom. The van der Waals surface area contributed by atoms with E-state index < -0.39 is 20.2 Å². The van der Waals surface area contributed by atoms with Crippen molar-refractivity contribution in [1.29, 1.82) is 0 Å². The van der Waals surface area contributed by atoms with Crippen molar-refractivity contribution < 1.29 is 14.7 Å². The molecule has 0 aliphatic carbocycles. The Hall–Kier alpha value is -3.15. The summed E-state index contributed by atoms with van der Waals surface area (Å²) in [4.78, 5) is 12.6. The minimum Gasteiger partial charge on any atom is -0.443 e. The lowest BCUT2D eigenvalue weighted by atomic mass is 10.1. The molecule has 3 aromatic rings. The summed E-state index contributed by atoms with van der Waals surface area (Å²) >= 11 is 0. The van der Waals surface area contributed by atoms with Crippen LogP contribution in [0.4, 0.5) is 4.79 Å². The van der Waals surface area contributed by atoms with E-state index in [9.17, 15) is 10.0 Å². The minimum atomic E-state index is -1.91. The SMILES string of the molecule is Cc1ccc(C(/C=C/[Si](C)(C)c2ccccc2)N(O)C(=O)OCc2ccccc2)cc1. The zero-order valence-corrected chi connectivity index (χ0v) is 19.2. The fourth-order valence-corrected chi connectivity index (χ4v) is 5.20. The monoisotopic (exact) mass is 431 g/mol. The normalized spacial score (nSPS) is 12.5. The number of amides is 1. The third-order valence-electron chi connectivity index (χ3n) is 5.29. The average Bonchev–Trinajstić information content (AvgIpc) is 2.79. The van der Waals surface area contributed by atoms with Crippen LogP contribution < -0.4 is 5.19 Å². The van der Waals surface area contributed by atoms with Gasteiger partial charge in [0, 0.05) is 0 Å². The van der Waals surface area contributed by atoms with E-state index in [0.717, 1.165) is 16.7 Å². The summed E-state index contributed by atoms with van der Waals surface area (Å²) < 4.78 is 5.35. The lowest BCUT2D eigenvalue weighted by Gasteiger charge is -2.25. The van der Waals surface area contributed by atoms with Gasteiger partial charge in [-0.25, -0.2) is 4.79 Å². The number of carbonyl (C=O) groups is 1. The van der Waals surface area contributed by atoms with Gasteiger partial charge in [-0.1, -0.05) is 121 Å². The molecule has 0 bridgehead atoms. The van der Waals surface area contributed by atoms with Crippen molar-refractivity contribution in [3.8, 4) is 0 Å². The topological polar surface area (TPSA) is 49.8 Å². The smallest absolute Gasteiger partial charge is 0.434 e. The Kier molecular flexibility index (Phi) is 7.44. The molecule has 160 valence electrons. The van der Waals surface area contributed by atoms with Gasteiger partial charge in [0.2, 0.25) is 0 Å². The molecular weight excluding hydrogens is 402 g/mol. The highest BCUT2D eigenvalue weighted by Crippen LogP contribution is 2.24. The summed E-state index contributed by atoms with van der Waals surface area (Å²) in [6.07, 6.45) is 1.13. The number of benzene rings is 3. The second kappa shape index (κ2) is 10.2. The van der Waals surface area contributed by atoms with Crippen LogP contribution in [-0.2, 0) is 11.3 Å². The van der Waals surface area contributed by atoms with Crippen LogP contribution in [0, 0.1) is 6.92 Å². The summed E-state index contributed by atoms with van der Waals surface area (Å²) in [5, 5.41) is 12.7. The Morgan fingerprint density at radius 2 is 1.55 bits per heavy atom. The van der Waals surface area contributed by atoms with Crippen molar-refractivity contribution in [2.75, 3.05) is 0 Å². The van der Waals surface area contributed by atoms with Crippen molar-refractivity contribution in [1.82, 2.24) is 5.06 Å². The van der Waals surface area contributed by atoms with Gasteiger partial charge < -0.3 is 4.74 Å². The van der Waals surface area contributed by atoms with Gasteiger partial charge in [0.15, 0.2) is 0 Å². The summed E-state index contributed by atoms with van der Waals surface area (Å²) in [5.74, 6) is 0. The number of hydrogen-bond donors (Lipinski definition) is 1. The van der Waals surface area contributed by atoms with Crippen LogP contribution in [0.15, 0.2) is 96.7 Å². The van der Waals surface area contributed by atoms with Gasteiger partial charge in [-0.15, -0.1) is 0 Å². The maximum absolute atomic E-state index is 12.6. The Balaban J connectivity index is 1.82. The predicted octanol–water partition coefficient (Wildman–Crippen LogP) is 5.78. The van der Waals surface area contributed by atoms with E-state index in [0.29, 0.717) is 5.06 Å². The minimum absolute atomic E-state index is 0.103. The molecule has 0 aliphatic rings. The molecule has 0 aliphatic heterocycles. The zero-order chi connectivity index (χ0) is 22.3. The highest BCUT2D eigenvalue weighted by atomic mass is 28.3. The highest BCUT2D eigenvalue weighted by Gasteiger charge is 2.26. The second-order valence-electron chi connectivity index (χ2n) is 8.19. The number of hydroxylamine groups is 2. The molecule has 0 saturated heterocycles. The van der Waals surface area contributed by atoms with E-state index in [1.165, 1.54) is 5.19 Å². The van der Waals surface area contributed by atoms with Crippen LogP contribution in [-0.4, -0.2) is 24.4 Å². The molecular formula is C26H29NO3Si. The van der Waals surface area contributed by atoms with Crippen molar-refractivity contribution >= 4 is 19.4 Å². The van der Waals surface area contributed by atoms with E-state index in [-0.39, 0.29) is 6.61 Å². The quantitative estimate of drug-likeness (QED) is 0.293. The molecule has 0 fully saturated rings. The summed E-state index contributed by atoms with van der Waals surface area (Å²) in [6.45, 7) is 6.58. The predicted molar refractivity (Wildman–Crippen MR) is 127 cm³/mol. The fraction of sp³-hybridized carbons (Fsp3) is 0.192. The molecule has 3 rings (SSSR count). The summed E-state index contributed by atoms with van der Waals surface area (Å²) in [5.41, 5.74) is 4.95. The van der Waals surface area contributed by atoms with Crippen molar-refractivity contribution in [3.63, 3.8) is 0 Å². The molecule has 0 aromatic heterocycles. The van der Waals surface area contributed by atoms with Gasteiger partial charge in [0.25, 0.3) is 0 Å². The zero-order valence-electron chi connectivity index (χ0n) is 18.2. The third kappa shape index (κ3) is 6.17. The molecule has 0 heterocycles. The van der Waals surface area contributed by atoms with Gasteiger partial charge >= 0.3 is 6.09 Å². The largest absolute Gasteiger partial charge is 0.443 e.